The predicted molar refractivity (Wildman–Crippen MR) is 213 cm³/mol. The van der Waals surface area contributed by atoms with Crippen LogP contribution in [0.15, 0.2) is 123 Å². The maximum Gasteiger partial charge on any atom is 0.0730 e. The second-order valence-electron chi connectivity index (χ2n) is 10.5. The van der Waals surface area contributed by atoms with Gasteiger partial charge in [0.2, 0.25) is 0 Å². The van der Waals surface area contributed by atoms with Crippen LogP contribution in [0.1, 0.15) is 51.8 Å². The van der Waals surface area contributed by atoms with Gasteiger partial charge in [0, 0.05) is 160 Å². The molecule has 0 aliphatic carbocycles. The molecule has 0 amide bonds. The van der Waals surface area contributed by atoms with Crippen LogP contribution in [0.25, 0.3) is 0 Å². The van der Waals surface area contributed by atoms with Crippen LogP contribution in [-0.2, 0) is 61.1 Å². The SMILES string of the molecule is NCC(=O)[O-].NCC(=O)[O-].NCC(=O)[O-].NCC(=O)[O-].NCC(=O)[O-].O=C([O-])c1cccnc1.O=C([O-])c1cccnc1.O=C([O-])c1cccnc1.O=C([O-])c1cccnc1.O=C([O-])c1cccnc1.[V].[V]. The molecule has 0 aliphatic heterocycles. The van der Waals surface area contributed by atoms with E-state index in [4.69, 9.17) is 49.5 Å². The molecule has 0 fully saturated rings. The number of nitrogens with zero attached hydrogens (tertiary/aromatic N) is 5. The number of carboxylic acid groups (broad SMARTS) is 10. The van der Waals surface area contributed by atoms with Crippen LogP contribution < -0.4 is 79.7 Å². The molecular weight excluding hydrogens is 1040 g/mol. The van der Waals surface area contributed by atoms with Gasteiger partial charge in [0.15, 0.2) is 0 Å². The molecule has 5 aromatic rings. The Balaban J connectivity index is -0.000000132. The minimum atomic E-state index is -1.22. The van der Waals surface area contributed by atoms with Gasteiger partial charge in [-0.25, -0.2) is 0 Å². The average molecular weight is 1080 g/mol. The van der Waals surface area contributed by atoms with Crippen LogP contribution in [0.4, 0.5) is 0 Å². The van der Waals surface area contributed by atoms with Gasteiger partial charge in [-0.1, -0.05) is 30.3 Å². The van der Waals surface area contributed by atoms with Crippen LogP contribution in [0.2, 0.25) is 0 Å². The van der Waals surface area contributed by atoms with Crippen LogP contribution in [-0.4, -0.2) is 117 Å². The Morgan fingerprint density at radius 3 is 0.444 bits per heavy atom. The van der Waals surface area contributed by atoms with E-state index in [-0.39, 0.29) is 97.7 Å². The van der Waals surface area contributed by atoms with E-state index in [0.29, 0.717) is 0 Å². The number of carbonyl (C=O) groups excluding carboxylic acids is 10. The predicted octanol–water partition coefficient (Wildman–Crippen LogP) is -14.3. The number of nitrogens with two attached hydrogens (primary N) is 5. The van der Waals surface area contributed by atoms with Crippen molar-refractivity contribution in [2.75, 3.05) is 32.7 Å². The first kappa shape index (κ1) is 77.6. The average Bonchev–Trinajstić information content (AvgIpc) is 3.36. The van der Waals surface area contributed by atoms with Gasteiger partial charge in [0.05, 0.1) is 59.7 Å². The second-order valence-corrected chi connectivity index (χ2v) is 10.5. The molecule has 0 spiro atoms. The fourth-order valence-corrected chi connectivity index (χ4v) is 2.42. The number of carbonyl (C=O) groups is 10. The van der Waals surface area contributed by atoms with Crippen LogP contribution in [0.5, 0.6) is 0 Å². The number of hydrogen-bond donors (Lipinski definition) is 5. The van der Waals surface area contributed by atoms with Gasteiger partial charge in [-0.2, -0.15) is 0 Å². The minimum absolute atomic E-state index is 0. The fourth-order valence-electron chi connectivity index (χ4n) is 2.42. The summed E-state index contributed by atoms with van der Waals surface area (Å²) in [6.07, 6.45) is 13.8. The summed E-state index contributed by atoms with van der Waals surface area (Å²) in [4.78, 5) is 114. The molecule has 0 atom stereocenters. The maximum atomic E-state index is 10.0. The van der Waals surface area contributed by atoms with Crippen molar-refractivity contribution in [1.82, 2.24) is 24.9 Å². The van der Waals surface area contributed by atoms with Gasteiger partial charge in [-0.3, -0.25) is 24.9 Å². The van der Waals surface area contributed by atoms with Crippen molar-refractivity contribution < 1.29 is 136 Å². The first-order valence-electron chi connectivity index (χ1n) is 17.9. The summed E-state index contributed by atoms with van der Waals surface area (Å²) in [6.45, 7) is -1.94. The zero-order valence-electron chi connectivity index (χ0n) is 36.8. The number of aromatic carboxylic acids is 5. The normalized spacial score (nSPS) is 8.12. The number of aliphatic carboxylic acids is 5. The Bertz CT molecular complexity index is 1880. The molecule has 30 nitrogen and oxygen atoms in total. The number of aromatic nitrogens is 5. The number of hydrogen-bond acceptors (Lipinski definition) is 30. The van der Waals surface area contributed by atoms with E-state index in [2.05, 4.69) is 53.6 Å². The molecule has 32 heteroatoms. The molecule has 0 aromatic carbocycles. The quantitative estimate of drug-likeness (QED) is 0.0867. The van der Waals surface area contributed by atoms with Gasteiger partial charge in [-0.15, -0.1) is 0 Å². The Morgan fingerprint density at radius 2 is 0.403 bits per heavy atom. The summed E-state index contributed by atoms with van der Waals surface area (Å²) < 4.78 is 0. The first-order valence-corrected chi connectivity index (χ1v) is 17.9. The van der Waals surface area contributed by atoms with E-state index in [1.54, 1.807) is 30.3 Å². The van der Waals surface area contributed by atoms with Crippen molar-refractivity contribution >= 4 is 59.7 Å². The van der Waals surface area contributed by atoms with E-state index in [9.17, 15) is 49.5 Å². The van der Waals surface area contributed by atoms with Crippen LogP contribution in [0, 0.1) is 0 Å². The Kier molecular flexibility index (Phi) is 57.5. The third-order valence-electron chi connectivity index (χ3n) is 5.32. The van der Waals surface area contributed by atoms with Gasteiger partial charge >= 0.3 is 0 Å². The molecule has 0 bridgehead atoms. The van der Waals surface area contributed by atoms with E-state index in [1.807, 2.05) is 0 Å². The molecule has 0 aliphatic rings. The molecule has 2 radical (unpaired) electrons. The standard InChI is InChI=1S/5C6H5NO2.5C2H5NO2.2V/c5*8-6(9)5-2-1-3-7-4-5;5*3-1-2(4)5;;/h5*1-4H,(H,8,9);5*1,3H2,(H,4,5);;/p-10. The fraction of sp³-hybridized carbons (Fsp3) is 0.125. The van der Waals surface area contributed by atoms with Crippen molar-refractivity contribution in [3.63, 3.8) is 0 Å². The molecule has 5 rings (SSSR count). The topological polar surface area (TPSA) is 596 Å². The first-order chi connectivity index (χ1) is 32.9. The number of carboxylic acids is 10. The Labute approximate surface area is 431 Å². The molecule has 0 saturated heterocycles. The van der Waals surface area contributed by atoms with Crippen molar-refractivity contribution in [2.24, 2.45) is 28.7 Å². The van der Waals surface area contributed by atoms with E-state index in [1.165, 1.54) is 92.3 Å². The monoisotopic (exact) mass is 1080 g/mol. The third kappa shape index (κ3) is 59.4. The molecule has 5 heterocycles. The Morgan fingerprint density at radius 1 is 0.292 bits per heavy atom. The molecular formula is C40H40N10O20V2-10. The zero-order chi connectivity index (χ0) is 54.9. The van der Waals surface area contributed by atoms with Gasteiger partial charge < -0.3 is 128 Å². The second kappa shape index (κ2) is 53.4. The smallest absolute Gasteiger partial charge is 0.0730 e. The van der Waals surface area contributed by atoms with Crippen LogP contribution in [0.3, 0.4) is 0 Å². The molecule has 390 valence electrons. The molecule has 0 saturated carbocycles. The zero-order valence-corrected chi connectivity index (χ0v) is 39.6. The maximum absolute atomic E-state index is 10.0. The van der Waals surface area contributed by atoms with Gasteiger partial charge in [0.1, 0.15) is 0 Å². The van der Waals surface area contributed by atoms with E-state index >= 15 is 0 Å². The summed E-state index contributed by atoms with van der Waals surface area (Å²) in [6, 6.07) is 14.9. The molecule has 5 aromatic heterocycles. The third-order valence-corrected chi connectivity index (χ3v) is 5.32. The molecule has 0 unspecified atom stereocenters. The number of rotatable bonds is 10. The van der Waals surface area contributed by atoms with Crippen molar-refractivity contribution in [3.8, 4) is 0 Å². The summed E-state index contributed by atoms with van der Waals surface area (Å²) in [5.74, 6) is -12.0. The Hall–Kier alpha value is -8.58. The van der Waals surface area contributed by atoms with Crippen molar-refractivity contribution in [1.29, 1.82) is 0 Å². The van der Waals surface area contributed by atoms with Gasteiger partial charge in [0.25, 0.3) is 0 Å². The van der Waals surface area contributed by atoms with Crippen molar-refractivity contribution in [3.05, 3.63) is 150 Å². The molecule has 72 heavy (non-hydrogen) atoms. The van der Waals surface area contributed by atoms with Gasteiger partial charge in [-0.05, 0) is 30.3 Å². The summed E-state index contributed by atoms with van der Waals surface area (Å²) >= 11 is 0. The minimum Gasteiger partial charge on any atom is -0.549 e. The molecule has 10 N–H and O–H groups in total. The van der Waals surface area contributed by atoms with Crippen LogP contribution >= 0.6 is 0 Å². The summed E-state index contributed by atoms with van der Waals surface area (Å²) in [5.41, 5.74) is 23.1. The van der Waals surface area contributed by atoms with Crippen molar-refractivity contribution in [2.45, 2.75) is 0 Å². The number of pyridine rings is 5. The largest absolute Gasteiger partial charge is 0.549 e. The van der Waals surface area contributed by atoms with E-state index < -0.39 is 59.7 Å². The summed E-state index contributed by atoms with van der Waals surface area (Å²) in [5, 5.41) is 95.9. The van der Waals surface area contributed by atoms with E-state index in [0.717, 1.165) is 0 Å². The summed E-state index contributed by atoms with van der Waals surface area (Å²) in [7, 11) is 0.